The average Bonchev–Trinajstić information content (AvgIpc) is 2.22. The lowest BCUT2D eigenvalue weighted by Crippen LogP contribution is -2.42. The summed E-state index contributed by atoms with van der Waals surface area (Å²) in [6, 6.07) is 0. The molecule has 19 heavy (non-hydrogen) atoms. The summed E-state index contributed by atoms with van der Waals surface area (Å²) in [5.74, 6) is -0.134. The highest BCUT2D eigenvalue weighted by atomic mass is 28.4. The fourth-order valence-corrected chi connectivity index (χ4v) is 2.76. The van der Waals surface area contributed by atoms with Crippen molar-refractivity contribution < 1.29 is 14.0 Å². The minimum atomic E-state index is -1.71. The van der Waals surface area contributed by atoms with E-state index < -0.39 is 8.32 Å². The first-order chi connectivity index (χ1) is 8.60. The Bertz CT molecular complexity index is 303. The van der Waals surface area contributed by atoms with Gasteiger partial charge in [0.25, 0.3) is 0 Å². The third kappa shape index (κ3) is 7.53. The smallest absolute Gasteiger partial charge is 0.306 e. The van der Waals surface area contributed by atoms with Crippen LogP contribution in [0.4, 0.5) is 0 Å². The van der Waals surface area contributed by atoms with E-state index in [9.17, 15) is 4.79 Å². The molecule has 0 N–H and O–H groups in total. The number of hydrogen-bond donors (Lipinski definition) is 0. The van der Waals surface area contributed by atoms with Crippen LogP contribution in [0.5, 0.6) is 0 Å². The Labute approximate surface area is 119 Å². The van der Waals surface area contributed by atoms with Crippen molar-refractivity contribution in [2.75, 3.05) is 6.61 Å². The van der Waals surface area contributed by atoms with E-state index in [1.165, 1.54) is 0 Å². The first kappa shape index (κ1) is 18.4. The lowest BCUT2D eigenvalue weighted by atomic mass is 10.2. The average molecular weight is 286 g/mol. The summed E-state index contributed by atoms with van der Waals surface area (Å²) < 4.78 is 11.1. The van der Waals surface area contributed by atoms with Crippen molar-refractivity contribution in [2.45, 2.75) is 71.7 Å². The number of rotatable bonds is 7. The number of carbonyl (C=O) groups is 1. The van der Waals surface area contributed by atoms with E-state index in [2.05, 4.69) is 40.8 Å². The van der Waals surface area contributed by atoms with E-state index in [0.29, 0.717) is 19.4 Å². The van der Waals surface area contributed by atoms with Gasteiger partial charge in [0.2, 0.25) is 0 Å². The van der Waals surface area contributed by atoms with Crippen molar-refractivity contribution in [3.63, 3.8) is 0 Å². The second-order valence-corrected chi connectivity index (χ2v) is 11.1. The van der Waals surface area contributed by atoms with Gasteiger partial charge in [-0.25, -0.2) is 0 Å². The molecule has 0 unspecified atom stereocenters. The van der Waals surface area contributed by atoms with Gasteiger partial charge in [-0.15, -0.1) is 0 Å². The standard InChI is InChI=1S/C15H30O3Si/c1-8-17-14(16)12-10-9-11-13(2)18-19(6,7)15(3,4)5/h9,11,13H,8,10,12H2,1-7H3/b11-9-/t13-/m0/s1. The second-order valence-electron chi connectivity index (χ2n) is 6.36. The van der Waals surface area contributed by atoms with E-state index in [0.717, 1.165) is 0 Å². The second kappa shape index (κ2) is 7.85. The Kier molecular flexibility index (Phi) is 7.60. The van der Waals surface area contributed by atoms with Crippen LogP contribution in [0.1, 0.15) is 47.5 Å². The minimum absolute atomic E-state index is 0.100. The molecule has 0 aliphatic rings. The number of allylic oxidation sites excluding steroid dienone is 1. The molecule has 0 fully saturated rings. The predicted molar refractivity (Wildman–Crippen MR) is 82.8 cm³/mol. The summed E-state index contributed by atoms with van der Waals surface area (Å²) in [5.41, 5.74) is 0. The summed E-state index contributed by atoms with van der Waals surface area (Å²) in [4.78, 5) is 11.2. The van der Waals surface area contributed by atoms with Crippen LogP contribution in [-0.4, -0.2) is 27.0 Å². The van der Waals surface area contributed by atoms with Crippen molar-refractivity contribution in [1.29, 1.82) is 0 Å². The predicted octanol–water partition coefficient (Wildman–Crippen LogP) is 4.30. The van der Waals surface area contributed by atoms with E-state index in [-0.39, 0.29) is 17.1 Å². The van der Waals surface area contributed by atoms with Crippen molar-refractivity contribution >= 4 is 14.3 Å². The normalized spacial score (nSPS) is 14.7. The summed E-state index contributed by atoms with van der Waals surface area (Å²) in [6.45, 7) is 15.5. The van der Waals surface area contributed by atoms with E-state index in [1.54, 1.807) is 0 Å². The lowest BCUT2D eigenvalue weighted by molar-refractivity contribution is -0.143. The number of carbonyl (C=O) groups excluding carboxylic acids is 1. The molecule has 0 spiro atoms. The third-order valence-corrected chi connectivity index (χ3v) is 8.09. The molecule has 3 nitrogen and oxygen atoms in total. The highest BCUT2D eigenvalue weighted by Crippen LogP contribution is 2.37. The van der Waals surface area contributed by atoms with Crippen LogP contribution in [0.3, 0.4) is 0 Å². The Balaban J connectivity index is 4.11. The van der Waals surface area contributed by atoms with Crippen molar-refractivity contribution in [2.24, 2.45) is 0 Å². The zero-order chi connectivity index (χ0) is 15.1. The first-order valence-electron chi connectivity index (χ1n) is 7.10. The van der Waals surface area contributed by atoms with E-state index >= 15 is 0 Å². The van der Waals surface area contributed by atoms with Gasteiger partial charge in [0.1, 0.15) is 0 Å². The fraction of sp³-hybridized carbons (Fsp3) is 0.800. The number of esters is 1. The van der Waals surface area contributed by atoms with Gasteiger partial charge in [-0.2, -0.15) is 0 Å². The molecule has 0 bridgehead atoms. The molecule has 0 aromatic heterocycles. The molecule has 0 aliphatic heterocycles. The molecule has 4 heteroatoms. The van der Waals surface area contributed by atoms with Gasteiger partial charge in [-0.3, -0.25) is 4.79 Å². The van der Waals surface area contributed by atoms with Crippen LogP contribution < -0.4 is 0 Å². The van der Waals surface area contributed by atoms with Gasteiger partial charge in [-0.05, 0) is 38.4 Å². The van der Waals surface area contributed by atoms with Crippen LogP contribution in [0.2, 0.25) is 18.1 Å². The lowest BCUT2D eigenvalue weighted by Gasteiger charge is -2.37. The zero-order valence-corrected chi connectivity index (χ0v) is 14.6. The molecule has 0 saturated heterocycles. The van der Waals surface area contributed by atoms with Crippen LogP contribution in [0.25, 0.3) is 0 Å². The Hall–Kier alpha value is -0.613. The van der Waals surface area contributed by atoms with Crippen molar-refractivity contribution in [3.05, 3.63) is 12.2 Å². The SMILES string of the molecule is CCOC(=O)CC/C=C\[C@H](C)O[Si](C)(C)C(C)(C)C. The number of hydrogen-bond acceptors (Lipinski definition) is 3. The van der Waals surface area contributed by atoms with Gasteiger partial charge in [-0.1, -0.05) is 32.9 Å². The summed E-state index contributed by atoms with van der Waals surface area (Å²) in [7, 11) is -1.71. The largest absolute Gasteiger partial charge is 0.466 e. The quantitative estimate of drug-likeness (QED) is 0.398. The van der Waals surface area contributed by atoms with Gasteiger partial charge in [0.15, 0.2) is 8.32 Å². The molecule has 0 aliphatic carbocycles. The molecule has 0 rings (SSSR count). The van der Waals surface area contributed by atoms with Crippen LogP contribution in [0, 0.1) is 0 Å². The van der Waals surface area contributed by atoms with Gasteiger partial charge in [0.05, 0.1) is 12.7 Å². The zero-order valence-electron chi connectivity index (χ0n) is 13.6. The molecule has 0 amide bonds. The topological polar surface area (TPSA) is 35.5 Å². The fourth-order valence-electron chi connectivity index (χ4n) is 1.40. The van der Waals surface area contributed by atoms with Gasteiger partial charge >= 0.3 is 5.97 Å². The summed E-state index contributed by atoms with van der Waals surface area (Å²) >= 11 is 0. The van der Waals surface area contributed by atoms with E-state index in [4.69, 9.17) is 9.16 Å². The molecule has 0 heterocycles. The van der Waals surface area contributed by atoms with Crippen LogP contribution in [0.15, 0.2) is 12.2 Å². The molecule has 0 aromatic rings. The molecule has 112 valence electrons. The third-order valence-electron chi connectivity index (χ3n) is 3.51. The maximum atomic E-state index is 11.2. The highest BCUT2D eigenvalue weighted by molar-refractivity contribution is 6.74. The van der Waals surface area contributed by atoms with Crippen molar-refractivity contribution in [1.82, 2.24) is 0 Å². The molecule has 0 radical (unpaired) electrons. The summed E-state index contributed by atoms with van der Waals surface area (Å²) in [6.07, 6.45) is 5.30. The van der Waals surface area contributed by atoms with E-state index in [1.807, 2.05) is 19.1 Å². The maximum Gasteiger partial charge on any atom is 0.306 e. The van der Waals surface area contributed by atoms with Crippen LogP contribution >= 0.6 is 0 Å². The van der Waals surface area contributed by atoms with Gasteiger partial charge < -0.3 is 9.16 Å². The van der Waals surface area contributed by atoms with Gasteiger partial charge in [0, 0.05) is 6.42 Å². The molecular weight excluding hydrogens is 256 g/mol. The molecule has 0 saturated carbocycles. The molecular formula is C15H30O3Si. The Morgan fingerprint density at radius 1 is 1.32 bits per heavy atom. The van der Waals surface area contributed by atoms with Crippen molar-refractivity contribution in [3.8, 4) is 0 Å². The summed E-state index contributed by atoms with van der Waals surface area (Å²) in [5, 5.41) is 0.222. The Morgan fingerprint density at radius 2 is 1.89 bits per heavy atom. The maximum absolute atomic E-state index is 11.2. The number of ether oxygens (including phenoxy) is 1. The molecule has 0 aromatic carbocycles. The van der Waals surface area contributed by atoms with Crippen LogP contribution in [-0.2, 0) is 14.0 Å². The highest BCUT2D eigenvalue weighted by Gasteiger charge is 2.37. The molecule has 1 atom stereocenters. The monoisotopic (exact) mass is 286 g/mol. The first-order valence-corrected chi connectivity index (χ1v) is 10.0. The Morgan fingerprint density at radius 3 is 2.37 bits per heavy atom. The minimum Gasteiger partial charge on any atom is -0.466 e.